The van der Waals surface area contributed by atoms with Gasteiger partial charge in [0.1, 0.15) is 6.10 Å². The number of benzene rings is 1. The number of hydrogen-bond acceptors (Lipinski definition) is 5. The molecule has 7 heteroatoms. The molecule has 1 aliphatic rings. The lowest BCUT2D eigenvalue weighted by atomic mass is 10.1. The molecule has 2 rings (SSSR count). The van der Waals surface area contributed by atoms with E-state index < -0.39 is 11.0 Å². The molecule has 1 aromatic carbocycles. The minimum absolute atomic E-state index is 0.0181. The molecule has 114 valence electrons. The van der Waals surface area contributed by atoms with Crippen LogP contribution in [-0.2, 0) is 16.0 Å². The predicted molar refractivity (Wildman–Crippen MR) is 76.8 cm³/mol. The molecule has 0 aliphatic carbocycles. The van der Waals surface area contributed by atoms with Gasteiger partial charge in [-0.3, -0.25) is 14.9 Å². The third kappa shape index (κ3) is 4.24. The first-order chi connectivity index (χ1) is 10.1. The molecule has 1 aromatic rings. The van der Waals surface area contributed by atoms with E-state index in [1.54, 1.807) is 12.1 Å². The molecule has 21 heavy (non-hydrogen) atoms. The van der Waals surface area contributed by atoms with Crippen molar-refractivity contribution in [2.75, 3.05) is 13.1 Å². The fraction of sp³-hybridized carbons (Fsp3) is 0.500. The molecular formula is C14H19N3O4. The molecule has 7 nitrogen and oxygen atoms in total. The Morgan fingerprint density at radius 2 is 2.10 bits per heavy atom. The van der Waals surface area contributed by atoms with Crippen LogP contribution in [0.1, 0.15) is 18.4 Å². The molecule has 1 heterocycles. The molecule has 0 radical (unpaired) electrons. The van der Waals surface area contributed by atoms with Gasteiger partial charge in [0.15, 0.2) is 0 Å². The van der Waals surface area contributed by atoms with Crippen LogP contribution in [0.5, 0.6) is 0 Å². The number of nitrogens with one attached hydrogen (secondary N) is 1. The van der Waals surface area contributed by atoms with Crippen LogP contribution in [0.2, 0.25) is 0 Å². The maximum atomic E-state index is 11.9. The van der Waals surface area contributed by atoms with Crippen molar-refractivity contribution in [3.63, 3.8) is 0 Å². The molecule has 3 N–H and O–H groups in total. The number of amides is 1. The minimum Gasteiger partial charge on any atom is -0.364 e. The van der Waals surface area contributed by atoms with Gasteiger partial charge in [-0.25, -0.2) is 0 Å². The first-order valence-corrected chi connectivity index (χ1v) is 6.96. The summed E-state index contributed by atoms with van der Waals surface area (Å²) in [5.41, 5.74) is 6.50. The molecule has 0 saturated carbocycles. The van der Waals surface area contributed by atoms with Crippen molar-refractivity contribution in [1.29, 1.82) is 0 Å². The van der Waals surface area contributed by atoms with Gasteiger partial charge in [-0.2, -0.15) is 0 Å². The van der Waals surface area contributed by atoms with E-state index in [0.29, 0.717) is 25.9 Å². The Bertz CT molecular complexity index is 503. The Morgan fingerprint density at radius 1 is 1.38 bits per heavy atom. The highest BCUT2D eigenvalue weighted by atomic mass is 16.6. The molecule has 1 amide bonds. The zero-order valence-electron chi connectivity index (χ0n) is 11.7. The summed E-state index contributed by atoms with van der Waals surface area (Å²) in [6.45, 7) is 0.913. The fourth-order valence-electron chi connectivity index (χ4n) is 2.30. The second kappa shape index (κ2) is 7.14. The molecule has 0 unspecified atom stereocenters. The second-order valence-electron chi connectivity index (χ2n) is 5.02. The Kier molecular flexibility index (Phi) is 5.24. The Balaban J connectivity index is 1.74. The number of rotatable bonds is 6. The van der Waals surface area contributed by atoms with Gasteiger partial charge in [-0.05, 0) is 24.8 Å². The Hall–Kier alpha value is -1.99. The summed E-state index contributed by atoms with van der Waals surface area (Å²) in [5, 5.41) is 13.4. The molecule has 1 saturated heterocycles. The first-order valence-electron chi connectivity index (χ1n) is 6.96. The number of nitrogens with zero attached hydrogens (tertiary/aromatic N) is 1. The molecule has 2 atom stereocenters. The van der Waals surface area contributed by atoms with Crippen LogP contribution in [0.4, 0.5) is 5.69 Å². The predicted octanol–water partition coefficient (Wildman–Crippen LogP) is 0.760. The maximum absolute atomic E-state index is 11.9. The highest BCUT2D eigenvalue weighted by Crippen LogP contribution is 2.18. The average molecular weight is 293 g/mol. The zero-order valence-corrected chi connectivity index (χ0v) is 11.7. The third-order valence-corrected chi connectivity index (χ3v) is 3.52. The summed E-state index contributed by atoms with van der Waals surface area (Å²) in [6.07, 6.45) is 1.71. The van der Waals surface area contributed by atoms with E-state index in [9.17, 15) is 14.9 Å². The average Bonchev–Trinajstić information content (AvgIpc) is 2.96. The van der Waals surface area contributed by atoms with E-state index in [0.717, 1.165) is 12.0 Å². The van der Waals surface area contributed by atoms with Gasteiger partial charge in [-0.15, -0.1) is 0 Å². The number of carbonyl (C=O) groups excluding carboxylic acids is 1. The van der Waals surface area contributed by atoms with E-state index in [2.05, 4.69) is 5.32 Å². The summed E-state index contributed by atoms with van der Waals surface area (Å²) >= 11 is 0. The summed E-state index contributed by atoms with van der Waals surface area (Å²) in [5.74, 6) is -0.118. The number of nitrogens with two attached hydrogens (primary N) is 1. The summed E-state index contributed by atoms with van der Waals surface area (Å²) in [7, 11) is 0. The Morgan fingerprint density at radius 3 is 2.67 bits per heavy atom. The highest BCUT2D eigenvalue weighted by Gasteiger charge is 2.29. The first kappa shape index (κ1) is 15.4. The number of carbonyl (C=O) groups is 1. The topological polar surface area (TPSA) is 107 Å². The van der Waals surface area contributed by atoms with Crippen LogP contribution in [0, 0.1) is 10.1 Å². The van der Waals surface area contributed by atoms with Crippen LogP contribution in [0.3, 0.4) is 0 Å². The van der Waals surface area contributed by atoms with E-state index in [4.69, 9.17) is 10.5 Å². The van der Waals surface area contributed by atoms with Crippen LogP contribution >= 0.6 is 0 Å². The minimum atomic E-state index is -0.434. The summed E-state index contributed by atoms with van der Waals surface area (Å²) in [4.78, 5) is 22.0. The standard InChI is InChI=1S/C14H19N3O4/c15-9-12-5-6-13(21-12)14(18)16-8-7-10-1-3-11(4-2-10)17(19)20/h1-4,12-13H,5-9,15H2,(H,16,18)/t12-,13+/m1/s1. The van der Waals surface area contributed by atoms with Gasteiger partial charge in [0.25, 0.3) is 5.69 Å². The van der Waals surface area contributed by atoms with Crippen molar-refractivity contribution in [2.24, 2.45) is 5.73 Å². The van der Waals surface area contributed by atoms with Crippen molar-refractivity contribution >= 4 is 11.6 Å². The summed E-state index contributed by atoms with van der Waals surface area (Å²) < 4.78 is 5.51. The monoisotopic (exact) mass is 293 g/mol. The van der Waals surface area contributed by atoms with Gasteiger partial charge >= 0.3 is 0 Å². The molecule has 0 spiro atoms. The number of ether oxygens (including phenoxy) is 1. The lowest BCUT2D eigenvalue weighted by molar-refractivity contribution is -0.384. The number of non-ortho nitro benzene ring substituents is 1. The Labute approximate surface area is 122 Å². The fourth-order valence-corrected chi connectivity index (χ4v) is 2.30. The molecule has 0 bridgehead atoms. The van der Waals surface area contributed by atoms with Crippen molar-refractivity contribution in [3.05, 3.63) is 39.9 Å². The van der Waals surface area contributed by atoms with Crippen molar-refractivity contribution in [3.8, 4) is 0 Å². The summed E-state index contributed by atoms with van der Waals surface area (Å²) in [6, 6.07) is 6.31. The highest BCUT2D eigenvalue weighted by molar-refractivity contribution is 5.81. The van der Waals surface area contributed by atoms with E-state index >= 15 is 0 Å². The number of nitro groups is 1. The maximum Gasteiger partial charge on any atom is 0.269 e. The smallest absolute Gasteiger partial charge is 0.269 e. The second-order valence-corrected chi connectivity index (χ2v) is 5.02. The van der Waals surface area contributed by atoms with Gasteiger partial charge in [-0.1, -0.05) is 12.1 Å². The number of hydrogen-bond donors (Lipinski definition) is 2. The largest absolute Gasteiger partial charge is 0.364 e. The lowest BCUT2D eigenvalue weighted by Crippen LogP contribution is -2.36. The molecule has 1 aliphatic heterocycles. The number of nitro benzene ring substituents is 1. The van der Waals surface area contributed by atoms with Crippen LogP contribution in [-0.4, -0.2) is 36.1 Å². The van der Waals surface area contributed by atoms with Crippen molar-refractivity contribution in [2.45, 2.75) is 31.5 Å². The SMILES string of the molecule is NC[C@H]1CC[C@@H](C(=O)NCCc2ccc([N+](=O)[O-])cc2)O1. The quantitative estimate of drug-likeness (QED) is 0.594. The van der Waals surface area contributed by atoms with E-state index in [1.165, 1.54) is 12.1 Å². The zero-order chi connectivity index (χ0) is 15.2. The van der Waals surface area contributed by atoms with Crippen LogP contribution in [0.25, 0.3) is 0 Å². The van der Waals surface area contributed by atoms with E-state index in [1.807, 2.05) is 0 Å². The molecular weight excluding hydrogens is 274 g/mol. The third-order valence-electron chi connectivity index (χ3n) is 3.52. The lowest BCUT2D eigenvalue weighted by Gasteiger charge is -2.12. The van der Waals surface area contributed by atoms with Gasteiger partial charge in [0.2, 0.25) is 5.91 Å². The van der Waals surface area contributed by atoms with Crippen molar-refractivity contribution < 1.29 is 14.5 Å². The molecule has 0 aromatic heterocycles. The van der Waals surface area contributed by atoms with Gasteiger partial charge in [0, 0.05) is 25.2 Å². The van der Waals surface area contributed by atoms with Gasteiger partial charge in [0.05, 0.1) is 11.0 Å². The van der Waals surface area contributed by atoms with Crippen LogP contribution < -0.4 is 11.1 Å². The van der Waals surface area contributed by atoms with E-state index in [-0.39, 0.29) is 17.7 Å². The van der Waals surface area contributed by atoms with Crippen LogP contribution in [0.15, 0.2) is 24.3 Å². The van der Waals surface area contributed by atoms with Crippen molar-refractivity contribution in [1.82, 2.24) is 5.32 Å². The van der Waals surface area contributed by atoms with Gasteiger partial charge < -0.3 is 15.8 Å². The molecule has 1 fully saturated rings. The normalized spacial score (nSPS) is 21.2.